The summed E-state index contributed by atoms with van der Waals surface area (Å²) in [5, 5.41) is 9.51. The molecule has 1 fully saturated rings. The first-order chi connectivity index (χ1) is 11.4. The highest BCUT2D eigenvalue weighted by atomic mass is 19.1. The van der Waals surface area contributed by atoms with Crippen molar-refractivity contribution in [1.29, 1.82) is 0 Å². The Morgan fingerprint density at radius 2 is 2.08 bits per heavy atom. The maximum absolute atomic E-state index is 13.4. The zero-order valence-corrected chi connectivity index (χ0v) is 14.1. The number of amides is 1. The fourth-order valence-electron chi connectivity index (χ4n) is 3.06. The Kier molecular flexibility index (Phi) is 5.80. The molecule has 1 heterocycles. The van der Waals surface area contributed by atoms with Gasteiger partial charge in [-0.05, 0) is 30.9 Å². The minimum absolute atomic E-state index is 0.0304. The van der Waals surface area contributed by atoms with Gasteiger partial charge in [-0.15, -0.1) is 0 Å². The summed E-state index contributed by atoms with van der Waals surface area (Å²) in [7, 11) is 0. The molecule has 1 aliphatic rings. The molecule has 1 aromatic carbocycles. The third-order valence-corrected chi connectivity index (χ3v) is 4.81. The van der Waals surface area contributed by atoms with Gasteiger partial charge in [-0.3, -0.25) is 9.59 Å². The predicted molar refractivity (Wildman–Crippen MR) is 87.2 cm³/mol. The zero-order chi connectivity index (χ0) is 17.7. The van der Waals surface area contributed by atoms with Crippen molar-refractivity contribution in [3.05, 3.63) is 30.1 Å². The number of carbonyl (C=O) groups is 2. The summed E-state index contributed by atoms with van der Waals surface area (Å²) in [6.45, 7) is 4.73. The summed E-state index contributed by atoms with van der Waals surface area (Å²) in [5.41, 5.74) is -0.848. The number of carboxylic acids is 1. The largest absolute Gasteiger partial charge is 0.491 e. The number of aliphatic carboxylic acids is 1. The van der Waals surface area contributed by atoms with E-state index in [2.05, 4.69) is 0 Å². The lowest BCUT2D eigenvalue weighted by atomic mass is 9.76. The topological polar surface area (TPSA) is 66.8 Å². The van der Waals surface area contributed by atoms with E-state index in [1.165, 1.54) is 6.07 Å². The molecule has 6 heteroatoms. The van der Waals surface area contributed by atoms with Gasteiger partial charge in [0.25, 0.3) is 0 Å². The summed E-state index contributed by atoms with van der Waals surface area (Å²) in [6.07, 6.45) is 1.21. The highest BCUT2D eigenvalue weighted by Crippen LogP contribution is 2.38. The van der Waals surface area contributed by atoms with E-state index >= 15 is 0 Å². The molecule has 0 aromatic heterocycles. The number of para-hydroxylation sites is 1. The van der Waals surface area contributed by atoms with E-state index in [9.17, 15) is 19.1 Å². The van der Waals surface area contributed by atoms with Gasteiger partial charge in [-0.25, -0.2) is 4.39 Å². The van der Waals surface area contributed by atoms with Gasteiger partial charge in [0.1, 0.15) is 0 Å². The van der Waals surface area contributed by atoms with E-state index in [-0.39, 0.29) is 37.1 Å². The fourth-order valence-corrected chi connectivity index (χ4v) is 3.06. The molecule has 1 amide bonds. The predicted octanol–water partition coefficient (Wildman–Crippen LogP) is 2.94. The summed E-state index contributed by atoms with van der Waals surface area (Å²) in [4.78, 5) is 25.5. The van der Waals surface area contributed by atoms with Crippen molar-refractivity contribution in [2.45, 2.75) is 33.1 Å². The molecule has 24 heavy (non-hydrogen) atoms. The standard InChI is InChI=1S/C18H24FNO4/c1-13(2)18(17(22)23)9-10-20(12-18)16(21)8-5-11-24-15-7-4-3-6-14(15)19/h3-4,6-7,13H,5,8-12H2,1-2H3,(H,22,23). The van der Waals surface area contributed by atoms with E-state index in [4.69, 9.17) is 4.74 Å². The normalized spacial score (nSPS) is 20.4. The van der Waals surface area contributed by atoms with Crippen LogP contribution < -0.4 is 4.74 Å². The Labute approximate surface area is 141 Å². The Bertz CT molecular complexity index is 604. The number of rotatable bonds is 7. The van der Waals surface area contributed by atoms with Gasteiger partial charge in [0.05, 0.1) is 12.0 Å². The lowest BCUT2D eigenvalue weighted by molar-refractivity contribution is -0.151. The Morgan fingerprint density at radius 3 is 2.67 bits per heavy atom. The SMILES string of the molecule is CC(C)C1(C(=O)O)CCN(C(=O)CCCOc2ccccc2F)C1. The number of hydrogen-bond donors (Lipinski definition) is 1. The molecule has 2 rings (SSSR count). The maximum Gasteiger partial charge on any atom is 0.311 e. The van der Waals surface area contributed by atoms with Crippen molar-refractivity contribution >= 4 is 11.9 Å². The molecule has 5 nitrogen and oxygen atoms in total. The number of ether oxygens (including phenoxy) is 1. The molecule has 1 N–H and O–H groups in total. The summed E-state index contributed by atoms with van der Waals surface area (Å²) >= 11 is 0. The molecule has 1 saturated heterocycles. The third kappa shape index (κ3) is 3.86. The van der Waals surface area contributed by atoms with Crippen LogP contribution >= 0.6 is 0 Å². The number of likely N-dealkylation sites (tertiary alicyclic amines) is 1. The van der Waals surface area contributed by atoms with Gasteiger partial charge in [-0.2, -0.15) is 0 Å². The van der Waals surface area contributed by atoms with Gasteiger partial charge < -0.3 is 14.7 Å². The highest BCUT2D eigenvalue weighted by molar-refractivity contribution is 5.80. The highest BCUT2D eigenvalue weighted by Gasteiger charge is 2.48. The average Bonchev–Trinajstić information content (AvgIpc) is 3.00. The van der Waals surface area contributed by atoms with Crippen molar-refractivity contribution in [2.75, 3.05) is 19.7 Å². The molecular weight excluding hydrogens is 313 g/mol. The van der Waals surface area contributed by atoms with Crippen LogP contribution in [0.4, 0.5) is 4.39 Å². The summed E-state index contributed by atoms with van der Waals surface area (Å²) in [5.74, 6) is -1.19. The first-order valence-electron chi connectivity index (χ1n) is 8.25. The van der Waals surface area contributed by atoms with Crippen LogP contribution in [-0.2, 0) is 9.59 Å². The quantitative estimate of drug-likeness (QED) is 0.777. The number of hydrogen-bond acceptors (Lipinski definition) is 3. The van der Waals surface area contributed by atoms with Crippen molar-refractivity contribution < 1.29 is 23.8 Å². The van der Waals surface area contributed by atoms with Crippen LogP contribution in [0.25, 0.3) is 0 Å². The second kappa shape index (κ2) is 7.64. The van der Waals surface area contributed by atoms with Crippen LogP contribution in [0.3, 0.4) is 0 Å². The molecule has 0 radical (unpaired) electrons. The molecule has 0 bridgehead atoms. The minimum atomic E-state index is -0.848. The van der Waals surface area contributed by atoms with Crippen LogP contribution in [0.2, 0.25) is 0 Å². The average molecular weight is 337 g/mol. The summed E-state index contributed by atoms with van der Waals surface area (Å²) < 4.78 is 18.7. The second-order valence-corrected chi connectivity index (χ2v) is 6.56. The fraction of sp³-hybridized carbons (Fsp3) is 0.556. The smallest absolute Gasteiger partial charge is 0.311 e. The van der Waals surface area contributed by atoms with Crippen molar-refractivity contribution in [1.82, 2.24) is 4.90 Å². The van der Waals surface area contributed by atoms with Crippen molar-refractivity contribution in [2.24, 2.45) is 11.3 Å². The molecule has 1 atom stereocenters. The molecule has 1 unspecified atom stereocenters. The van der Waals surface area contributed by atoms with Gasteiger partial charge in [0.15, 0.2) is 11.6 Å². The van der Waals surface area contributed by atoms with Gasteiger partial charge in [-0.1, -0.05) is 26.0 Å². The van der Waals surface area contributed by atoms with Gasteiger partial charge in [0, 0.05) is 19.5 Å². The Morgan fingerprint density at radius 1 is 1.38 bits per heavy atom. The van der Waals surface area contributed by atoms with Crippen LogP contribution in [-0.4, -0.2) is 41.6 Å². The lowest BCUT2D eigenvalue weighted by Crippen LogP contribution is -2.40. The first kappa shape index (κ1) is 18.2. The number of carboxylic acid groups (broad SMARTS) is 1. The van der Waals surface area contributed by atoms with Gasteiger partial charge >= 0.3 is 5.97 Å². The number of halogens is 1. The molecular formula is C18H24FNO4. The Balaban J connectivity index is 1.80. The molecule has 0 spiro atoms. The Hall–Kier alpha value is -2.11. The van der Waals surface area contributed by atoms with Crippen molar-refractivity contribution in [3.63, 3.8) is 0 Å². The second-order valence-electron chi connectivity index (χ2n) is 6.56. The molecule has 0 saturated carbocycles. The van der Waals surface area contributed by atoms with Crippen LogP contribution in [0.15, 0.2) is 24.3 Å². The first-order valence-corrected chi connectivity index (χ1v) is 8.25. The molecule has 132 valence electrons. The van der Waals surface area contributed by atoms with Crippen LogP contribution in [0.1, 0.15) is 33.1 Å². The maximum atomic E-state index is 13.4. The van der Waals surface area contributed by atoms with E-state index < -0.39 is 17.2 Å². The van der Waals surface area contributed by atoms with Crippen LogP contribution in [0.5, 0.6) is 5.75 Å². The van der Waals surface area contributed by atoms with Crippen molar-refractivity contribution in [3.8, 4) is 5.75 Å². The van der Waals surface area contributed by atoms with Crippen LogP contribution in [0, 0.1) is 17.2 Å². The number of benzene rings is 1. The van der Waals surface area contributed by atoms with E-state index in [1.54, 1.807) is 23.1 Å². The number of carbonyl (C=O) groups excluding carboxylic acids is 1. The monoisotopic (exact) mass is 337 g/mol. The van der Waals surface area contributed by atoms with E-state index in [1.807, 2.05) is 13.8 Å². The molecule has 0 aliphatic carbocycles. The number of nitrogens with zero attached hydrogens (tertiary/aromatic N) is 1. The van der Waals surface area contributed by atoms with E-state index in [0.717, 1.165) is 0 Å². The molecule has 1 aliphatic heterocycles. The van der Waals surface area contributed by atoms with Gasteiger partial charge in [0.2, 0.25) is 5.91 Å². The molecule has 1 aromatic rings. The zero-order valence-electron chi connectivity index (χ0n) is 14.1. The minimum Gasteiger partial charge on any atom is -0.491 e. The third-order valence-electron chi connectivity index (χ3n) is 4.81. The van der Waals surface area contributed by atoms with E-state index in [0.29, 0.717) is 19.4 Å². The lowest BCUT2D eigenvalue weighted by Gasteiger charge is -2.28. The summed E-state index contributed by atoms with van der Waals surface area (Å²) in [6, 6.07) is 6.14.